The van der Waals surface area contributed by atoms with E-state index < -0.39 is 0 Å². The number of nitrogens with one attached hydrogen (secondary N) is 2. The summed E-state index contributed by atoms with van der Waals surface area (Å²) in [6.45, 7) is 0.828. The molecule has 8 heteroatoms. The lowest BCUT2D eigenvalue weighted by Crippen LogP contribution is -2.31. The molecule has 0 radical (unpaired) electrons. The molecule has 2 unspecified atom stereocenters. The number of rotatable bonds is 7. The molecule has 2 N–H and O–H groups in total. The van der Waals surface area contributed by atoms with Gasteiger partial charge in [0.15, 0.2) is 0 Å². The number of fused-ring (bicyclic) bond motifs is 1. The minimum absolute atomic E-state index is 0.0725. The normalized spacial score (nSPS) is 18.6. The number of non-ortho nitro benzene ring substituents is 1. The van der Waals surface area contributed by atoms with Gasteiger partial charge in [-0.25, -0.2) is 4.39 Å². The average molecular weight is 409 g/mol. The molecule has 0 saturated carbocycles. The summed E-state index contributed by atoms with van der Waals surface area (Å²) in [6, 6.07) is 12.3. The van der Waals surface area contributed by atoms with Crippen molar-refractivity contribution in [2.75, 3.05) is 18.5 Å². The van der Waals surface area contributed by atoms with Crippen LogP contribution in [0.2, 0.25) is 0 Å². The number of aromatic nitrogens is 1. The van der Waals surface area contributed by atoms with Gasteiger partial charge in [-0.1, -0.05) is 12.1 Å². The Morgan fingerprint density at radius 3 is 2.73 bits per heavy atom. The van der Waals surface area contributed by atoms with E-state index in [-0.39, 0.29) is 22.5 Å². The zero-order chi connectivity index (χ0) is 21.1. The maximum absolute atomic E-state index is 13.1. The monoisotopic (exact) mass is 409 g/mol. The summed E-state index contributed by atoms with van der Waals surface area (Å²) in [5.41, 5.74) is 8.74. The Bertz CT molecular complexity index is 1040. The second-order valence-electron chi connectivity index (χ2n) is 7.67. The molecule has 2 heterocycles. The van der Waals surface area contributed by atoms with Gasteiger partial charge in [0.05, 0.1) is 10.3 Å². The van der Waals surface area contributed by atoms with Crippen molar-refractivity contribution in [2.24, 2.45) is 0 Å². The third-order valence-electron chi connectivity index (χ3n) is 5.68. The Kier molecular flexibility index (Phi) is 5.87. The zero-order valence-corrected chi connectivity index (χ0v) is 16.7. The first-order valence-electron chi connectivity index (χ1n) is 10.0. The molecule has 1 aliphatic heterocycles. The summed E-state index contributed by atoms with van der Waals surface area (Å²) in [4.78, 5) is 17.1. The van der Waals surface area contributed by atoms with Crippen molar-refractivity contribution in [3.05, 3.63) is 76.4 Å². The summed E-state index contributed by atoms with van der Waals surface area (Å²) in [6.07, 6.45) is 6.11. The Balaban J connectivity index is 1.35. The molecule has 156 valence electrons. The van der Waals surface area contributed by atoms with E-state index in [9.17, 15) is 14.5 Å². The molecule has 0 amide bonds. The van der Waals surface area contributed by atoms with E-state index in [0.717, 1.165) is 42.4 Å². The molecule has 7 nitrogen and oxygen atoms in total. The van der Waals surface area contributed by atoms with Crippen LogP contribution < -0.4 is 15.8 Å². The third kappa shape index (κ3) is 4.24. The number of hydrazine groups is 1. The number of halogens is 1. The maximum Gasteiger partial charge on any atom is 0.278 e. The van der Waals surface area contributed by atoms with E-state index in [2.05, 4.69) is 20.7 Å². The molecule has 0 spiro atoms. The summed E-state index contributed by atoms with van der Waals surface area (Å²) in [7, 11) is 2.00. The van der Waals surface area contributed by atoms with Crippen LogP contribution in [0.4, 0.5) is 15.8 Å². The fourth-order valence-electron chi connectivity index (χ4n) is 4.07. The molecule has 2 atom stereocenters. The van der Waals surface area contributed by atoms with Gasteiger partial charge in [-0.15, -0.1) is 0 Å². The van der Waals surface area contributed by atoms with Crippen LogP contribution in [0.1, 0.15) is 30.9 Å². The molecule has 0 aliphatic carbocycles. The number of nitrogens with zero attached hydrogens (tertiary/aromatic N) is 3. The lowest BCUT2D eigenvalue weighted by Gasteiger charge is -2.22. The average Bonchev–Trinajstić information content (AvgIpc) is 3.22. The van der Waals surface area contributed by atoms with Crippen LogP contribution >= 0.6 is 0 Å². The summed E-state index contributed by atoms with van der Waals surface area (Å²) < 4.78 is 13.1. The highest BCUT2D eigenvalue weighted by Gasteiger charge is 2.24. The number of hydrogen-bond donors (Lipinski definition) is 2. The van der Waals surface area contributed by atoms with Crippen LogP contribution in [0, 0.1) is 15.9 Å². The minimum Gasteiger partial charge on any atom is -0.374 e. The topological polar surface area (TPSA) is 83.3 Å². The fraction of sp³-hybridized carbons (Fsp3) is 0.318. The Morgan fingerprint density at radius 2 is 1.97 bits per heavy atom. The van der Waals surface area contributed by atoms with Crippen LogP contribution in [0.25, 0.3) is 10.8 Å². The number of hydrogen-bond acceptors (Lipinski definition) is 6. The van der Waals surface area contributed by atoms with Gasteiger partial charge in [0, 0.05) is 55.2 Å². The first-order valence-corrected chi connectivity index (χ1v) is 10.0. The molecule has 2 aromatic carbocycles. The molecular weight excluding hydrogens is 385 g/mol. The fourth-order valence-corrected chi connectivity index (χ4v) is 4.07. The lowest BCUT2D eigenvalue weighted by molar-refractivity contribution is -0.383. The van der Waals surface area contributed by atoms with Crippen LogP contribution in [-0.4, -0.2) is 29.5 Å². The van der Waals surface area contributed by atoms with Crippen molar-refractivity contribution in [2.45, 2.75) is 31.3 Å². The standard InChI is InChI=1S/C22H24FN5O2/c1-27(21-8-9-22(28(29)30)19-14-24-11-10-18(19)21)12-2-3-17-13-20(26-25-17)15-4-6-16(23)7-5-15/h4-11,14,17,20,25-26H,2-3,12-13H2,1H3. The van der Waals surface area contributed by atoms with Crippen molar-refractivity contribution in [3.63, 3.8) is 0 Å². The van der Waals surface area contributed by atoms with Crippen molar-refractivity contribution in [3.8, 4) is 0 Å². The molecule has 1 fully saturated rings. The second kappa shape index (κ2) is 8.73. The van der Waals surface area contributed by atoms with Crippen LogP contribution in [-0.2, 0) is 0 Å². The molecule has 1 aromatic heterocycles. The Morgan fingerprint density at radius 1 is 1.17 bits per heavy atom. The zero-order valence-electron chi connectivity index (χ0n) is 16.7. The molecular formula is C22H24FN5O2. The smallest absolute Gasteiger partial charge is 0.278 e. The van der Waals surface area contributed by atoms with E-state index in [4.69, 9.17) is 0 Å². The van der Waals surface area contributed by atoms with E-state index in [1.54, 1.807) is 24.5 Å². The maximum atomic E-state index is 13.1. The van der Waals surface area contributed by atoms with E-state index in [1.165, 1.54) is 12.1 Å². The molecule has 4 rings (SSSR count). The minimum atomic E-state index is -0.371. The van der Waals surface area contributed by atoms with Crippen molar-refractivity contribution in [1.29, 1.82) is 0 Å². The quantitative estimate of drug-likeness (QED) is 0.451. The van der Waals surface area contributed by atoms with Crippen molar-refractivity contribution >= 4 is 22.1 Å². The first-order chi connectivity index (χ1) is 14.5. The number of pyridine rings is 1. The first kappa shape index (κ1) is 20.2. The predicted molar refractivity (Wildman–Crippen MR) is 115 cm³/mol. The van der Waals surface area contributed by atoms with E-state index in [0.29, 0.717) is 11.4 Å². The molecule has 3 aromatic rings. The van der Waals surface area contributed by atoms with Gasteiger partial charge in [-0.3, -0.25) is 25.9 Å². The van der Waals surface area contributed by atoms with Gasteiger partial charge in [-0.2, -0.15) is 0 Å². The third-order valence-corrected chi connectivity index (χ3v) is 5.68. The molecule has 1 saturated heterocycles. The number of nitro benzene ring substituents is 1. The highest BCUT2D eigenvalue weighted by Crippen LogP contribution is 2.32. The highest BCUT2D eigenvalue weighted by atomic mass is 19.1. The van der Waals surface area contributed by atoms with Gasteiger partial charge in [-0.05, 0) is 49.1 Å². The van der Waals surface area contributed by atoms with Gasteiger partial charge < -0.3 is 4.90 Å². The molecule has 1 aliphatic rings. The van der Waals surface area contributed by atoms with Gasteiger partial charge in [0.2, 0.25) is 0 Å². The highest BCUT2D eigenvalue weighted by molar-refractivity contribution is 5.99. The Hall–Kier alpha value is -3.10. The number of benzene rings is 2. The Labute approximate surface area is 174 Å². The number of anilines is 1. The van der Waals surface area contributed by atoms with Crippen LogP contribution in [0.5, 0.6) is 0 Å². The predicted octanol–water partition coefficient (Wildman–Crippen LogP) is 4.11. The largest absolute Gasteiger partial charge is 0.374 e. The lowest BCUT2D eigenvalue weighted by atomic mass is 9.99. The SMILES string of the molecule is CN(CCCC1CC(c2ccc(F)cc2)NN1)c1ccc([N+](=O)[O-])c2cnccc12. The van der Waals surface area contributed by atoms with Crippen LogP contribution in [0.3, 0.4) is 0 Å². The van der Waals surface area contributed by atoms with Crippen molar-refractivity contribution in [1.82, 2.24) is 15.8 Å². The van der Waals surface area contributed by atoms with Gasteiger partial charge in [0.1, 0.15) is 5.82 Å². The van der Waals surface area contributed by atoms with E-state index in [1.807, 2.05) is 25.2 Å². The summed E-state index contributed by atoms with van der Waals surface area (Å²) in [5.74, 6) is -0.223. The summed E-state index contributed by atoms with van der Waals surface area (Å²) in [5, 5.41) is 12.7. The second-order valence-corrected chi connectivity index (χ2v) is 7.67. The van der Waals surface area contributed by atoms with Crippen LogP contribution in [0.15, 0.2) is 54.9 Å². The summed E-state index contributed by atoms with van der Waals surface area (Å²) >= 11 is 0. The molecule has 0 bridgehead atoms. The number of nitro groups is 1. The van der Waals surface area contributed by atoms with E-state index >= 15 is 0 Å². The molecule has 30 heavy (non-hydrogen) atoms. The van der Waals surface area contributed by atoms with Gasteiger partial charge in [0.25, 0.3) is 5.69 Å². The van der Waals surface area contributed by atoms with Gasteiger partial charge >= 0.3 is 0 Å². The van der Waals surface area contributed by atoms with Crippen molar-refractivity contribution < 1.29 is 9.31 Å².